The number of carbonyl (C=O) groups is 2. The zero-order valence-corrected chi connectivity index (χ0v) is 13.9. The highest BCUT2D eigenvalue weighted by Crippen LogP contribution is 2.30. The molecule has 0 atom stereocenters. The van der Waals surface area contributed by atoms with Gasteiger partial charge in [0.15, 0.2) is 0 Å². The molecule has 5 nitrogen and oxygen atoms in total. The van der Waals surface area contributed by atoms with Gasteiger partial charge in [0.1, 0.15) is 0 Å². The SMILES string of the molecule is CCOC(=O)CCN(CC1CC1)C(=O)c1cccc(COC)c1. The van der Waals surface area contributed by atoms with Crippen LogP contribution in [0.3, 0.4) is 0 Å². The maximum absolute atomic E-state index is 12.8. The second kappa shape index (κ2) is 8.67. The number of rotatable bonds is 9. The summed E-state index contributed by atoms with van der Waals surface area (Å²) < 4.78 is 10.1. The summed E-state index contributed by atoms with van der Waals surface area (Å²) in [5, 5.41) is 0. The lowest BCUT2D eigenvalue weighted by atomic mass is 10.1. The number of benzene rings is 1. The fourth-order valence-corrected chi connectivity index (χ4v) is 2.49. The Bertz CT molecular complexity index is 540. The van der Waals surface area contributed by atoms with Crippen LogP contribution in [0.2, 0.25) is 0 Å². The number of nitrogens with zero attached hydrogens (tertiary/aromatic N) is 1. The van der Waals surface area contributed by atoms with E-state index in [1.807, 2.05) is 24.3 Å². The molecule has 0 spiro atoms. The van der Waals surface area contributed by atoms with Gasteiger partial charge in [-0.1, -0.05) is 12.1 Å². The van der Waals surface area contributed by atoms with Crippen molar-refractivity contribution in [3.05, 3.63) is 35.4 Å². The summed E-state index contributed by atoms with van der Waals surface area (Å²) in [6, 6.07) is 7.47. The van der Waals surface area contributed by atoms with Crippen LogP contribution in [0.5, 0.6) is 0 Å². The third-order valence-electron chi connectivity index (χ3n) is 3.84. The number of ether oxygens (including phenoxy) is 2. The van der Waals surface area contributed by atoms with Gasteiger partial charge in [-0.2, -0.15) is 0 Å². The first kappa shape index (κ1) is 17.5. The zero-order valence-electron chi connectivity index (χ0n) is 13.9. The van der Waals surface area contributed by atoms with E-state index in [1.165, 1.54) is 0 Å². The molecule has 1 aliphatic rings. The minimum Gasteiger partial charge on any atom is -0.466 e. The van der Waals surface area contributed by atoms with Crippen LogP contribution >= 0.6 is 0 Å². The van der Waals surface area contributed by atoms with Gasteiger partial charge in [0.05, 0.1) is 19.6 Å². The highest BCUT2D eigenvalue weighted by molar-refractivity contribution is 5.94. The molecule has 1 aliphatic carbocycles. The molecule has 1 saturated carbocycles. The van der Waals surface area contributed by atoms with E-state index in [9.17, 15) is 9.59 Å². The first-order valence-electron chi connectivity index (χ1n) is 8.16. The molecule has 0 heterocycles. The predicted octanol–water partition coefficient (Wildman–Crippen LogP) is 2.64. The van der Waals surface area contributed by atoms with Crippen LogP contribution in [-0.4, -0.2) is 43.6 Å². The van der Waals surface area contributed by atoms with Crippen molar-refractivity contribution in [3.8, 4) is 0 Å². The number of hydrogen-bond donors (Lipinski definition) is 0. The van der Waals surface area contributed by atoms with E-state index in [0.717, 1.165) is 18.4 Å². The molecule has 0 aliphatic heterocycles. The van der Waals surface area contributed by atoms with Crippen LogP contribution in [0, 0.1) is 5.92 Å². The second-order valence-electron chi connectivity index (χ2n) is 5.88. The fourth-order valence-electron chi connectivity index (χ4n) is 2.49. The monoisotopic (exact) mass is 319 g/mol. The van der Waals surface area contributed by atoms with E-state index in [2.05, 4.69) is 0 Å². The molecule has 0 radical (unpaired) electrons. The molecule has 1 aromatic carbocycles. The van der Waals surface area contributed by atoms with Crippen molar-refractivity contribution >= 4 is 11.9 Å². The molecule has 1 amide bonds. The largest absolute Gasteiger partial charge is 0.466 e. The summed E-state index contributed by atoms with van der Waals surface area (Å²) in [6.07, 6.45) is 2.56. The van der Waals surface area contributed by atoms with Crippen LogP contribution in [0.4, 0.5) is 0 Å². The van der Waals surface area contributed by atoms with E-state index in [1.54, 1.807) is 18.9 Å². The molecule has 0 saturated heterocycles. The van der Waals surface area contributed by atoms with Gasteiger partial charge in [-0.3, -0.25) is 9.59 Å². The molecular formula is C18H25NO4. The van der Waals surface area contributed by atoms with Gasteiger partial charge in [0.25, 0.3) is 5.91 Å². The number of hydrogen-bond acceptors (Lipinski definition) is 4. The van der Waals surface area contributed by atoms with Crippen LogP contribution in [-0.2, 0) is 20.9 Å². The molecule has 0 bridgehead atoms. The van der Waals surface area contributed by atoms with Gasteiger partial charge in [-0.05, 0) is 43.4 Å². The Hall–Kier alpha value is -1.88. The van der Waals surface area contributed by atoms with Crippen molar-refractivity contribution in [2.45, 2.75) is 32.8 Å². The Morgan fingerprint density at radius 1 is 1.30 bits per heavy atom. The first-order valence-corrected chi connectivity index (χ1v) is 8.16. The Kier molecular flexibility index (Phi) is 6.59. The van der Waals surface area contributed by atoms with Crippen molar-refractivity contribution in [2.24, 2.45) is 5.92 Å². The highest BCUT2D eigenvalue weighted by Gasteiger charge is 2.27. The van der Waals surface area contributed by atoms with Crippen LogP contribution in [0.1, 0.15) is 42.1 Å². The summed E-state index contributed by atoms with van der Waals surface area (Å²) in [5.41, 5.74) is 1.61. The van der Waals surface area contributed by atoms with Gasteiger partial charge in [0.2, 0.25) is 0 Å². The predicted molar refractivity (Wildman–Crippen MR) is 87.0 cm³/mol. The Morgan fingerprint density at radius 3 is 2.74 bits per heavy atom. The number of methoxy groups -OCH3 is 1. The lowest BCUT2D eigenvalue weighted by molar-refractivity contribution is -0.143. The third kappa shape index (κ3) is 5.67. The van der Waals surface area contributed by atoms with Crippen LogP contribution < -0.4 is 0 Å². The fraction of sp³-hybridized carbons (Fsp3) is 0.556. The van der Waals surface area contributed by atoms with Crippen LogP contribution in [0.15, 0.2) is 24.3 Å². The van der Waals surface area contributed by atoms with Crippen molar-refractivity contribution < 1.29 is 19.1 Å². The summed E-state index contributed by atoms with van der Waals surface area (Å²) in [5.74, 6) is 0.289. The molecule has 23 heavy (non-hydrogen) atoms. The van der Waals surface area contributed by atoms with Crippen molar-refractivity contribution in [1.82, 2.24) is 4.90 Å². The Labute approximate surface area is 137 Å². The van der Waals surface area contributed by atoms with E-state index in [0.29, 0.717) is 37.8 Å². The van der Waals surface area contributed by atoms with Crippen molar-refractivity contribution in [2.75, 3.05) is 26.8 Å². The van der Waals surface area contributed by atoms with E-state index >= 15 is 0 Å². The molecule has 0 N–H and O–H groups in total. The molecular weight excluding hydrogens is 294 g/mol. The van der Waals surface area contributed by atoms with Crippen molar-refractivity contribution in [3.63, 3.8) is 0 Å². The average molecular weight is 319 g/mol. The van der Waals surface area contributed by atoms with E-state index < -0.39 is 0 Å². The van der Waals surface area contributed by atoms with E-state index in [-0.39, 0.29) is 18.3 Å². The summed E-state index contributed by atoms with van der Waals surface area (Å²) in [6.45, 7) is 3.75. The normalized spacial score (nSPS) is 13.7. The maximum atomic E-state index is 12.8. The van der Waals surface area contributed by atoms with Gasteiger partial charge >= 0.3 is 5.97 Å². The second-order valence-corrected chi connectivity index (χ2v) is 5.88. The summed E-state index contributed by atoms with van der Waals surface area (Å²) >= 11 is 0. The van der Waals surface area contributed by atoms with Gasteiger partial charge in [0, 0.05) is 25.8 Å². The topological polar surface area (TPSA) is 55.8 Å². The molecule has 0 aromatic heterocycles. The molecule has 126 valence electrons. The number of amides is 1. The van der Waals surface area contributed by atoms with Crippen molar-refractivity contribution in [1.29, 1.82) is 0 Å². The lowest BCUT2D eigenvalue weighted by Gasteiger charge is -2.22. The summed E-state index contributed by atoms with van der Waals surface area (Å²) in [7, 11) is 1.63. The minimum atomic E-state index is -0.255. The smallest absolute Gasteiger partial charge is 0.307 e. The highest BCUT2D eigenvalue weighted by atomic mass is 16.5. The molecule has 2 rings (SSSR count). The Balaban J connectivity index is 2.02. The first-order chi connectivity index (χ1) is 11.1. The molecule has 0 unspecified atom stereocenters. The Morgan fingerprint density at radius 2 is 2.09 bits per heavy atom. The number of esters is 1. The standard InChI is InChI=1S/C18H25NO4/c1-3-23-17(20)9-10-19(12-14-7-8-14)18(21)16-6-4-5-15(11-16)13-22-2/h4-6,11,14H,3,7-10,12-13H2,1-2H3. The number of carbonyl (C=O) groups excluding carboxylic acids is 2. The van der Waals surface area contributed by atoms with Gasteiger partial charge in [-0.15, -0.1) is 0 Å². The van der Waals surface area contributed by atoms with Gasteiger partial charge in [-0.25, -0.2) is 0 Å². The maximum Gasteiger partial charge on any atom is 0.307 e. The third-order valence-corrected chi connectivity index (χ3v) is 3.84. The molecule has 1 aromatic rings. The minimum absolute atomic E-state index is 0.0286. The molecule has 1 fully saturated rings. The van der Waals surface area contributed by atoms with Gasteiger partial charge < -0.3 is 14.4 Å². The van der Waals surface area contributed by atoms with E-state index in [4.69, 9.17) is 9.47 Å². The summed E-state index contributed by atoms with van der Waals surface area (Å²) in [4.78, 5) is 26.1. The quantitative estimate of drug-likeness (QED) is 0.657. The zero-order chi connectivity index (χ0) is 16.7. The van der Waals surface area contributed by atoms with Crippen LogP contribution in [0.25, 0.3) is 0 Å². The average Bonchev–Trinajstić information content (AvgIpc) is 3.36. The molecule has 5 heteroatoms. The lowest BCUT2D eigenvalue weighted by Crippen LogP contribution is -2.35.